The Morgan fingerprint density at radius 3 is 2.67 bits per heavy atom. The largest absolute Gasteiger partial charge is 0.445 e. The van der Waals surface area contributed by atoms with Crippen LogP contribution >= 0.6 is 0 Å². The van der Waals surface area contributed by atoms with Crippen LogP contribution in [0.1, 0.15) is 24.2 Å². The van der Waals surface area contributed by atoms with Crippen LogP contribution in [0.2, 0.25) is 0 Å². The molecular weight excluding hydrogens is 272 g/mol. The summed E-state index contributed by atoms with van der Waals surface area (Å²) in [6.07, 6.45) is 2.32. The van der Waals surface area contributed by atoms with Gasteiger partial charge in [-0.1, -0.05) is 6.07 Å². The Balaban J connectivity index is 2.13. The fourth-order valence-corrected chi connectivity index (χ4v) is 1.83. The Kier molecular flexibility index (Phi) is 4.71. The summed E-state index contributed by atoms with van der Waals surface area (Å²) >= 11 is 0. The quantitative estimate of drug-likeness (QED) is 0.639. The summed E-state index contributed by atoms with van der Waals surface area (Å²) in [7, 11) is 0. The molecule has 1 aromatic heterocycles. The van der Waals surface area contributed by atoms with Gasteiger partial charge >= 0.3 is 12.1 Å². The van der Waals surface area contributed by atoms with Gasteiger partial charge in [-0.3, -0.25) is 0 Å². The molecule has 1 heterocycles. The maximum Gasteiger partial charge on any atom is 0.417 e. The zero-order valence-electron chi connectivity index (χ0n) is 11.9. The van der Waals surface area contributed by atoms with Crippen LogP contribution in [-0.4, -0.2) is 35.0 Å². The van der Waals surface area contributed by atoms with E-state index in [1.807, 2.05) is 13.8 Å². The second kappa shape index (κ2) is 6.69. The molecule has 0 radical (unpaired) electrons. The molecule has 1 amide bonds. The fourth-order valence-electron chi connectivity index (χ4n) is 1.83. The van der Waals surface area contributed by atoms with Gasteiger partial charge in [-0.15, -0.1) is 0 Å². The molecule has 0 spiro atoms. The predicted octanol–water partition coefficient (Wildman–Crippen LogP) is 2.96. The molecule has 2 aromatic rings. The van der Waals surface area contributed by atoms with Crippen LogP contribution in [0.3, 0.4) is 0 Å². The summed E-state index contributed by atoms with van der Waals surface area (Å²) in [5, 5.41) is 0. The van der Waals surface area contributed by atoms with Gasteiger partial charge < -0.3 is 14.1 Å². The first-order chi connectivity index (χ1) is 10.2. The zero-order chi connectivity index (χ0) is 15.2. The summed E-state index contributed by atoms with van der Waals surface area (Å²) in [6.45, 7) is 4.61. The number of nitrogens with zero attached hydrogens (tertiary/aromatic N) is 2. The minimum absolute atomic E-state index is 0.270. The van der Waals surface area contributed by atoms with Crippen LogP contribution in [0.25, 0.3) is 11.5 Å². The number of esters is 1. The number of hydrogen-bond donors (Lipinski definition) is 0. The zero-order valence-corrected chi connectivity index (χ0v) is 11.9. The lowest BCUT2D eigenvalue weighted by atomic mass is 10.1. The SMILES string of the molecule is CCN(CC)C(=O)OC(=O)c1cccc(-c2ncco2)c1. The minimum Gasteiger partial charge on any atom is -0.445 e. The molecule has 0 N–H and O–H groups in total. The number of ether oxygens (including phenoxy) is 1. The van der Waals surface area contributed by atoms with Gasteiger partial charge in [0.15, 0.2) is 0 Å². The van der Waals surface area contributed by atoms with E-state index in [1.54, 1.807) is 24.3 Å². The van der Waals surface area contributed by atoms with E-state index >= 15 is 0 Å². The average Bonchev–Trinajstić information content (AvgIpc) is 3.03. The van der Waals surface area contributed by atoms with Crippen molar-refractivity contribution in [2.24, 2.45) is 0 Å². The lowest BCUT2D eigenvalue weighted by molar-refractivity contribution is 0.0550. The molecule has 0 fully saturated rings. The van der Waals surface area contributed by atoms with E-state index in [2.05, 4.69) is 4.98 Å². The Morgan fingerprint density at radius 2 is 2.05 bits per heavy atom. The number of hydrogen-bond acceptors (Lipinski definition) is 5. The summed E-state index contributed by atoms with van der Waals surface area (Å²) < 4.78 is 10.0. The maximum absolute atomic E-state index is 12.0. The summed E-state index contributed by atoms with van der Waals surface area (Å²) in [5.74, 6) is -0.292. The molecule has 21 heavy (non-hydrogen) atoms. The lowest BCUT2D eigenvalue weighted by Gasteiger charge is -2.16. The van der Waals surface area contributed by atoms with E-state index in [0.717, 1.165) is 0 Å². The maximum atomic E-state index is 12.0. The van der Waals surface area contributed by atoms with Gasteiger partial charge in [-0.05, 0) is 32.0 Å². The third kappa shape index (κ3) is 3.47. The van der Waals surface area contributed by atoms with Crippen LogP contribution in [0.15, 0.2) is 41.1 Å². The van der Waals surface area contributed by atoms with Crippen molar-refractivity contribution in [1.29, 1.82) is 0 Å². The average molecular weight is 288 g/mol. The third-order valence-electron chi connectivity index (χ3n) is 2.98. The second-order valence-electron chi connectivity index (χ2n) is 4.25. The van der Waals surface area contributed by atoms with Crippen LogP contribution in [0, 0.1) is 0 Å². The number of aromatic nitrogens is 1. The molecule has 1 aromatic carbocycles. The van der Waals surface area contributed by atoms with Gasteiger partial charge in [-0.2, -0.15) is 0 Å². The van der Waals surface area contributed by atoms with Gasteiger partial charge in [0, 0.05) is 18.7 Å². The fraction of sp³-hybridized carbons (Fsp3) is 0.267. The molecule has 110 valence electrons. The van der Waals surface area contributed by atoms with E-state index in [9.17, 15) is 9.59 Å². The lowest BCUT2D eigenvalue weighted by Crippen LogP contribution is -2.32. The summed E-state index contributed by atoms with van der Waals surface area (Å²) in [6, 6.07) is 6.58. The van der Waals surface area contributed by atoms with Gasteiger partial charge in [0.2, 0.25) is 5.89 Å². The number of amides is 1. The van der Waals surface area contributed by atoms with E-state index in [0.29, 0.717) is 24.5 Å². The van der Waals surface area contributed by atoms with Crippen LogP contribution in [0.4, 0.5) is 4.79 Å². The van der Waals surface area contributed by atoms with Crippen molar-refractivity contribution in [3.05, 3.63) is 42.3 Å². The molecule has 0 saturated carbocycles. The Hall–Kier alpha value is -2.63. The summed E-state index contributed by atoms with van der Waals surface area (Å²) in [5.41, 5.74) is 0.913. The summed E-state index contributed by atoms with van der Waals surface area (Å²) in [4.78, 5) is 29.2. The minimum atomic E-state index is -0.694. The Labute approximate surface area is 122 Å². The van der Waals surface area contributed by atoms with Crippen molar-refractivity contribution in [3.8, 4) is 11.5 Å². The van der Waals surface area contributed by atoms with E-state index in [4.69, 9.17) is 9.15 Å². The van der Waals surface area contributed by atoms with Crippen molar-refractivity contribution in [1.82, 2.24) is 9.88 Å². The van der Waals surface area contributed by atoms with Crippen LogP contribution < -0.4 is 0 Å². The molecule has 0 aliphatic carbocycles. The number of oxazole rings is 1. The topological polar surface area (TPSA) is 72.6 Å². The third-order valence-corrected chi connectivity index (χ3v) is 2.98. The second-order valence-corrected chi connectivity index (χ2v) is 4.25. The molecule has 2 rings (SSSR count). The van der Waals surface area contributed by atoms with Crippen molar-refractivity contribution >= 4 is 12.1 Å². The Bertz CT molecular complexity index is 618. The highest BCUT2D eigenvalue weighted by Crippen LogP contribution is 2.18. The molecule has 0 bridgehead atoms. The number of carbonyl (C=O) groups excluding carboxylic acids is 2. The van der Waals surface area contributed by atoms with Crippen molar-refractivity contribution < 1.29 is 18.7 Å². The predicted molar refractivity (Wildman–Crippen MR) is 75.7 cm³/mol. The Morgan fingerprint density at radius 1 is 1.29 bits per heavy atom. The molecule has 0 atom stereocenters. The normalized spacial score (nSPS) is 10.2. The van der Waals surface area contributed by atoms with Crippen molar-refractivity contribution in [2.45, 2.75) is 13.8 Å². The van der Waals surface area contributed by atoms with Crippen LogP contribution in [-0.2, 0) is 4.74 Å². The highest BCUT2D eigenvalue weighted by molar-refractivity contribution is 5.97. The highest BCUT2D eigenvalue weighted by Gasteiger charge is 2.18. The molecule has 0 unspecified atom stereocenters. The van der Waals surface area contributed by atoms with E-state index < -0.39 is 12.1 Å². The van der Waals surface area contributed by atoms with Crippen molar-refractivity contribution in [3.63, 3.8) is 0 Å². The molecule has 6 heteroatoms. The standard InChI is InChI=1S/C15H16N2O4/c1-3-17(4-2)15(19)21-14(18)12-7-5-6-11(10-12)13-16-8-9-20-13/h5-10H,3-4H2,1-2H3. The first-order valence-corrected chi connectivity index (χ1v) is 6.66. The molecule has 0 aliphatic rings. The van der Waals surface area contributed by atoms with Gasteiger partial charge in [0.05, 0.1) is 11.8 Å². The number of benzene rings is 1. The van der Waals surface area contributed by atoms with Gasteiger partial charge in [0.25, 0.3) is 0 Å². The monoisotopic (exact) mass is 288 g/mol. The molecule has 0 aliphatic heterocycles. The smallest absolute Gasteiger partial charge is 0.417 e. The van der Waals surface area contributed by atoms with E-state index in [1.165, 1.54) is 17.4 Å². The van der Waals surface area contributed by atoms with Crippen LogP contribution in [0.5, 0.6) is 0 Å². The number of carbonyl (C=O) groups is 2. The van der Waals surface area contributed by atoms with E-state index in [-0.39, 0.29) is 5.56 Å². The van der Waals surface area contributed by atoms with Gasteiger partial charge in [-0.25, -0.2) is 14.6 Å². The first kappa shape index (κ1) is 14.8. The van der Waals surface area contributed by atoms with Gasteiger partial charge in [0.1, 0.15) is 6.26 Å². The van der Waals surface area contributed by atoms with Crippen molar-refractivity contribution in [2.75, 3.05) is 13.1 Å². The molecule has 0 saturated heterocycles. The highest BCUT2D eigenvalue weighted by atomic mass is 16.6. The molecular formula is C15H16N2O4. The molecule has 6 nitrogen and oxygen atoms in total. The first-order valence-electron chi connectivity index (χ1n) is 6.66. The number of rotatable bonds is 4.